The number of allylic oxidation sites excluding steroid dienone is 5. The van der Waals surface area contributed by atoms with E-state index in [-0.39, 0.29) is 116 Å². The Hall–Kier alpha value is -9.51. The molecule has 580 valence electrons. The second kappa shape index (κ2) is 71.9. The number of carbonyl (C=O) groups excluding carboxylic acids is 13. The number of ether oxygens (including phenoxy) is 6. The van der Waals surface area contributed by atoms with E-state index < -0.39 is 11.4 Å². The number of amides is 8. The zero-order valence-corrected chi connectivity index (χ0v) is 61.5. The Bertz CT molecular complexity index is 2540. The summed E-state index contributed by atoms with van der Waals surface area (Å²) in [5.74, 6) is -2.35. The normalized spacial score (nSPS) is 10.1. The molecule has 0 aromatic rings. The van der Waals surface area contributed by atoms with Gasteiger partial charge in [0.2, 0.25) is 47.3 Å². The van der Waals surface area contributed by atoms with Gasteiger partial charge in [-0.1, -0.05) is 85.5 Å². The highest BCUT2D eigenvalue weighted by Gasteiger charge is 2.33. The molecule has 0 rings (SSSR count). The second-order valence-corrected chi connectivity index (χ2v) is 22.2. The molecular weight excluding hydrogens is 1340 g/mol. The summed E-state index contributed by atoms with van der Waals surface area (Å²) in [7, 11) is 0. The number of unbranched alkanes of at least 4 members (excludes halogenated alkanes) is 4. The quantitative estimate of drug-likeness (QED) is 0.0346. The molecule has 0 aromatic carbocycles. The van der Waals surface area contributed by atoms with Gasteiger partial charge in [0.1, 0.15) is 5.54 Å². The van der Waals surface area contributed by atoms with E-state index in [2.05, 4.69) is 112 Å². The van der Waals surface area contributed by atoms with Crippen LogP contribution >= 0.6 is 0 Å². The number of carbonyl (C=O) groups is 13. The van der Waals surface area contributed by atoms with E-state index in [1.807, 2.05) is 0 Å². The third kappa shape index (κ3) is 63.4. The lowest BCUT2D eigenvalue weighted by molar-refractivity contribution is -0.130. The predicted octanol–water partition coefficient (Wildman–Crippen LogP) is 5.97. The molecule has 0 atom stereocenters. The lowest BCUT2D eigenvalue weighted by Gasteiger charge is -2.34. The van der Waals surface area contributed by atoms with E-state index in [0.717, 1.165) is 43.9 Å². The highest BCUT2D eigenvalue weighted by molar-refractivity contribution is 5.92. The van der Waals surface area contributed by atoms with Gasteiger partial charge in [-0.05, 0) is 143 Å². The molecule has 0 radical (unpaired) electrons. The Kier molecular flexibility index (Phi) is 69.7. The van der Waals surface area contributed by atoms with Gasteiger partial charge < -0.3 is 69.7 Å². The van der Waals surface area contributed by atoms with Gasteiger partial charge in [0.25, 0.3) is 0 Å². The van der Waals surface area contributed by atoms with Gasteiger partial charge in [-0.25, -0.2) is 0 Å². The van der Waals surface area contributed by atoms with Gasteiger partial charge in [0.05, 0.1) is 46.2 Å². The molecule has 0 aliphatic carbocycles. The van der Waals surface area contributed by atoms with Crippen molar-refractivity contribution < 1.29 is 90.8 Å². The van der Waals surface area contributed by atoms with Crippen molar-refractivity contribution in [2.75, 3.05) is 145 Å². The van der Waals surface area contributed by atoms with Crippen LogP contribution in [0.1, 0.15) is 96.3 Å². The lowest BCUT2D eigenvalue weighted by Crippen LogP contribution is -2.58. The summed E-state index contributed by atoms with van der Waals surface area (Å²) in [4.78, 5) is 152. The first-order valence-corrected chi connectivity index (χ1v) is 34.5. The molecule has 27 heteroatoms. The predicted molar refractivity (Wildman–Crippen MR) is 404 cm³/mol. The van der Waals surface area contributed by atoms with Crippen LogP contribution < -0.4 is 26.6 Å². The maximum atomic E-state index is 12.2. The van der Waals surface area contributed by atoms with Crippen molar-refractivity contribution in [1.29, 1.82) is 0 Å². The molecule has 0 spiro atoms. The Balaban J connectivity index is -0.000000659. The van der Waals surface area contributed by atoms with Gasteiger partial charge in [-0.2, -0.15) is 0 Å². The molecule has 0 aliphatic heterocycles. The zero-order valence-electron chi connectivity index (χ0n) is 61.5. The van der Waals surface area contributed by atoms with E-state index >= 15 is 0 Å². The molecule has 5 N–H and O–H groups in total. The van der Waals surface area contributed by atoms with E-state index in [4.69, 9.17) is 28.4 Å². The summed E-state index contributed by atoms with van der Waals surface area (Å²) in [5, 5.41) is 13.3. The van der Waals surface area contributed by atoms with Crippen molar-refractivity contribution in [1.82, 2.24) is 41.3 Å². The van der Waals surface area contributed by atoms with Crippen molar-refractivity contribution in [3.05, 3.63) is 165 Å². The SMILES string of the molecule is C=CC(=O)CCCCOCC(COCCCCC(=O)C=C)(COCCCNC(=O)C=C)NC(=O)C=C.C=CC(=O)CCCCOCCOCCOCCCCC(=O)C=C.C=CC(=O)CCCN(CCN(CCNC(=O)C=C)C(=O)C=C)C(=O)C=C.C=CC(=O)NCCN(CCNC(=O)C=C)C(=O)C=C. The standard InChI is InChI=1S/C27H42N2O7.C19H27N3O4.C18H30O5.C13H19N3O3/c1-5-23(30)14-9-11-17-34-20-27(29-26(33)8-4,21-35-18-12-10-15-24(31)6-2)22-36-19-13-16-28-25(32)7-3;1-5-16(23)10-9-12-21(18(25)7-3)14-15-22(19(26)8-4)13-11-20-17(24)6-2;1-3-17(19)9-5-7-11-21-13-15-23-16-14-22-12-8-6-10-18(20)4-2;1-4-11(17)14-7-9-16(13(19)6-3)10-8-15-12(18)5-2/h5-8H,1-4,9-22H2,(H,28,32)(H,29,33);5-8H,1-4,9-15H2,(H,20,24);3-4H,1-2,5-16H2;4-6H,1-3,7-10H2,(H,14,17)(H,15,18). The average Bonchev–Trinajstić information content (AvgIpc) is 0.854. The summed E-state index contributed by atoms with van der Waals surface area (Å²) < 4.78 is 33.7. The van der Waals surface area contributed by atoms with E-state index in [1.165, 1.54) is 75.5 Å². The minimum absolute atomic E-state index is 0.0107. The third-order valence-electron chi connectivity index (χ3n) is 13.9. The Morgan fingerprint density at radius 3 is 0.788 bits per heavy atom. The minimum atomic E-state index is -0.969. The molecule has 0 bridgehead atoms. The minimum Gasteiger partial charge on any atom is -0.379 e. The number of nitrogens with zero attached hydrogens (tertiary/aromatic N) is 3. The van der Waals surface area contributed by atoms with Crippen LogP contribution in [0.4, 0.5) is 0 Å². The Labute approximate surface area is 616 Å². The molecule has 0 aliphatic rings. The van der Waals surface area contributed by atoms with Crippen LogP contribution in [0.5, 0.6) is 0 Å². The molecule has 0 fully saturated rings. The van der Waals surface area contributed by atoms with Crippen LogP contribution in [-0.2, 0) is 90.8 Å². The number of hydrogen-bond acceptors (Lipinski definition) is 19. The van der Waals surface area contributed by atoms with Crippen LogP contribution in [0.15, 0.2) is 165 Å². The van der Waals surface area contributed by atoms with Crippen LogP contribution in [0.3, 0.4) is 0 Å². The molecule has 27 nitrogen and oxygen atoms in total. The van der Waals surface area contributed by atoms with E-state index in [1.54, 1.807) is 0 Å². The maximum absolute atomic E-state index is 12.2. The number of ketones is 5. The number of nitrogens with one attached hydrogen (secondary N) is 5. The largest absolute Gasteiger partial charge is 0.379 e. The first kappa shape index (κ1) is 101. The first-order valence-electron chi connectivity index (χ1n) is 34.5. The van der Waals surface area contributed by atoms with Crippen molar-refractivity contribution in [3.8, 4) is 0 Å². The molecule has 0 saturated carbocycles. The fourth-order valence-electron chi connectivity index (χ4n) is 8.10. The van der Waals surface area contributed by atoms with Gasteiger partial charge in [0, 0.05) is 131 Å². The molecule has 0 unspecified atom stereocenters. The smallest absolute Gasteiger partial charge is 0.246 e. The summed E-state index contributed by atoms with van der Waals surface area (Å²) in [6, 6.07) is 0. The first-order chi connectivity index (χ1) is 50.0. The summed E-state index contributed by atoms with van der Waals surface area (Å²) in [6.07, 6.45) is 25.3. The molecule has 0 saturated heterocycles. The summed E-state index contributed by atoms with van der Waals surface area (Å²) >= 11 is 0. The van der Waals surface area contributed by atoms with Crippen molar-refractivity contribution >= 4 is 76.2 Å². The van der Waals surface area contributed by atoms with Gasteiger partial charge >= 0.3 is 0 Å². The van der Waals surface area contributed by atoms with Crippen LogP contribution in [0, 0.1) is 0 Å². The Morgan fingerprint density at radius 2 is 0.500 bits per heavy atom. The number of rotatable bonds is 66. The van der Waals surface area contributed by atoms with Crippen molar-refractivity contribution in [3.63, 3.8) is 0 Å². The fraction of sp³-hybridized carbons (Fsp3) is 0.494. The van der Waals surface area contributed by atoms with Crippen LogP contribution in [-0.4, -0.2) is 241 Å². The monoisotopic (exact) mass is 1460 g/mol. The second-order valence-electron chi connectivity index (χ2n) is 22.2. The van der Waals surface area contributed by atoms with Crippen molar-refractivity contribution in [2.45, 2.75) is 102 Å². The van der Waals surface area contributed by atoms with Crippen LogP contribution in [0.25, 0.3) is 0 Å². The molecular formula is C77H118N8O19. The van der Waals surface area contributed by atoms with Gasteiger partial charge in [0.15, 0.2) is 28.9 Å². The van der Waals surface area contributed by atoms with E-state index in [0.29, 0.717) is 169 Å². The van der Waals surface area contributed by atoms with Gasteiger partial charge in [-0.15, -0.1) is 0 Å². The van der Waals surface area contributed by atoms with Gasteiger partial charge in [-0.3, -0.25) is 62.3 Å². The molecule has 104 heavy (non-hydrogen) atoms. The highest BCUT2D eigenvalue weighted by Crippen LogP contribution is 2.12. The third-order valence-corrected chi connectivity index (χ3v) is 13.9. The highest BCUT2D eigenvalue weighted by atomic mass is 16.5. The molecule has 8 amide bonds. The fourth-order valence-corrected chi connectivity index (χ4v) is 8.10. The lowest BCUT2D eigenvalue weighted by atomic mass is 10.0. The Morgan fingerprint density at radius 1 is 0.250 bits per heavy atom. The molecule has 0 aromatic heterocycles. The molecule has 0 heterocycles. The zero-order chi connectivity index (χ0) is 78.9. The average molecular weight is 1460 g/mol. The van der Waals surface area contributed by atoms with E-state index in [9.17, 15) is 62.3 Å². The van der Waals surface area contributed by atoms with Crippen LogP contribution in [0.2, 0.25) is 0 Å². The topological polar surface area (TPSA) is 347 Å². The summed E-state index contributed by atoms with van der Waals surface area (Å²) in [6.45, 7) is 52.6. The number of hydrogen-bond donors (Lipinski definition) is 5. The maximum Gasteiger partial charge on any atom is 0.246 e. The summed E-state index contributed by atoms with van der Waals surface area (Å²) in [5.41, 5.74) is -0.969. The van der Waals surface area contributed by atoms with Crippen molar-refractivity contribution in [2.24, 2.45) is 0 Å².